The van der Waals surface area contributed by atoms with Crippen molar-refractivity contribution in [2.45, 2.75) is 6.61 Å². The molecule has 0 unspecified atom stereocenters. The van der Waals surface area contributed by atoms with Crippen LogP contribution in [0.25, 0.3) is 11.0 Å². The molecule has 0 aliphatic carbocycles. The van der Waals surface area contributed by atoms with Gasteiger partial charge in [0.2, 0.25) is 0 Å². The Balaban J connectivity index is 1.89. The molecule has 3 rings (SSSR count). The van der Waals surface area contributed by atoms with Gasteiger partial charge in [0.1, 0.15) is 12.2 Å². The minimum absolute atomic E-state index is 0.266. The zero-order chi connectivity index (χ0) is 18.1. The third-order valence-corrected chi connectivity index (χ3v) is 4.19. The Labute approximate surface area is 153 Å². The highest BCUT2D eigenvalue weighted by Gasteiger charge is 2.17. The van der Waals surface area contributed by atoms with Crippen molar-refractivity contribution in [2.24, 2.45) is 0 Å². The van der Waals surface area contributed by atoms with Gasteiger partial charge in [-0.3, -0.25) is 0 Å². The van der Waals surface area contributed by atoms with Gasteiger partial charge in [0.25, 0.3) is 0 Å². The molecule has 25 heavy (non-hydrogen) atoms. The first-order chi connectivity index (χ1) is 11.8. The van der Waals surface area contributed by atoms with E-state index in [0.717, 1.165) is 0 Å². The summed E-state index contributed by atoms with van der Waals surface area (Å²) >= 11 is 9.00. The molecule has 0 atom stereocenters. The number of rotatable bonds is 3. The second-order valence-electron chi connectivity index (χ2n) is 5.05. The van der Waals surface area contributed by atoms with Gasteiger partial charge in [-0.2, -0.15) is 0 Å². The average molecular weight is 430 g/mol. The lowest BCUT2D eigenvalue weighted by Crippen LogP contribution is -2.09. The van der Waals surface area contributed by atoms with Crippen LogP contribution in [0.15, 0.2) is 50.1 Å². The largest absolute Gasteiger partial charge is 0.457 e. The van der Waals surface area contributed by atoms with E-state index in [1.807, 2.05) is 0 Å². The van der Waals surface area contributed by atoms with Gasteiger partial charge in [-0.15, -0.1) is 0 Å². The van der Waals surface area contributed by atoms with Crippen LogP contribution in [-0.2, 0) is 11.3 Å². The fraction of sp³-hybridized carbons (Fsp3) is 0.0588. The van der Waals surface area contributed by atoms with E-state index in [1.54, 1.807) is 18.2 Å². The molecule has 0 aliphatic rings. The van der Waals surface area contributed by atoms with E-state index in [4.69, 9.17) is 20.8 Å². The first kappa shape index (κ1) is 17.6. The molecule has 128 valence electrons. The van der Waals surface area contributed by atoms with Gasteiger partial charge >= 0.3 is 11.6 Å². The van der Waals surface area contributed by atoms with Gasteiger partial charge in [-0.05, 0) is 30.3 Å². The molecule has 0 N–H and O–H groups in total. The molecule has 0 saturated heterocycles. The first-order valence-electron chi connectivity index (χ1n) is 6.89. The first-order valence-corrected chi connectivity index (χ1v) is 8.06. The number of ether oxygens (including phenoxy) is 1. The summed E-state index contributed by atoms with van der Waals surface area (Å²) in [6.45, 7) is -0.266. The molecule has 3 aromatic rings. The summed E-state index contributed by atoms with van der Waals surface area (Å²) in [6.07, 6.45) is 0. The molecule has 1 aromatic heterocycles. The maximum absolute atomic E-state index is 13.3. The summed E-state index contributed by atoms with van der Waals surface area (Å²) < 4.78 is 37.2. The third-order valence-electron chi connectivity index (χ3n) is 3.38. The second-order valence-corrected chi connectivity index (χ2v) is 6.38. The van der Waals surface area contributed by atoms with Gasteiger partial charge in [0.15, 0.2) is 11.6 Å². The Bertz CT molecular complexity index is 1050. The topological polar surface area (TPSA) is 56.5 Å². The third kappa shape index (κ3) is 3.72. The minimum Gasteiger partial charge on any atom is -0.457 e. The van der Waals surface area contributed by atoms with Crippen LogP contribution in [0, 0.1) is 11.6 Å². The van der Waals surface area contributed by atoms with E-state index >= 15 is 0 Å². The summed E-state index contributed by atoms with van der Waals surface area (Å²) in [6, 6.07) is 7.58. The number of halogens is 4. The maximum atomic E-state index is 13.3. The van der Waals surface area contributed by atoms with E-state index in [1.165, 1.54) is 6.07 Å². The number of carbonyl (C=O) groups excluding carboxylic acids is 1. The molecule has 0 radical (unpaired) electrons. The number of carbonyl (C=O) groups is 1. The van der Waals surface area contributed by atoms with Crippen molar-refractivity contribution in [1.29, 1.82) is 0 Å². The van der Waals surface area contributed by atoms with Crippen molar-refractivity contribution < 1.29 is 22.7 Å². The van der Waals surface area contributed by atoms with Crippen molar-refractivity contribution >= 4 is 44.5 Å². The number of benzene rings is 2. The molecule has 8 heteroatoms. The molecule has 0 bridgehead atoms. The molecule has 4 nitrogen and oxygen atoms in total. The summed E-state index contributed by atoms with van der Waals surface area (Å²) in [5, 5.41) is 0.303. The van der Waals surface area contributed by atoms with Crippen molar-refractivity contribution in [3.8, 4) is 0 Å². The standard InChI is InChI=1S/C17H8BrClF2O4/c18-9-1-2-10-8(3-16(22)25-15(10)4-9)7-24-17(23)11-5-13(20)14(21)6-12(11)19/h1-6H,7H2. The molecular formula is C17H8BrClF2O4. The van der Waals surface area contributed by atoms with Crippen LogP contribution in [0.4, 0.5) is 8.78 Å². The average Bonchev–Trinajstić information content (AvgIpc) is 2.55. The van der Waals surface area contributed by atoms with Gasteiger partial charge in [-0.1, -0.05) is 27.5 Å². The van der Waals surface area contributed by atoms with Gasteiger partial charge in [-0.25, -0.2) is 18.4 Å². The van der Waals surface area contributed by atoms with Crippen LogP contribution in [0.2, 0.25) is 5.02 Å². The van der Waals surface area contributed by atoms with E-state index in [0.29, 0.717) is 33.1 Å². The Morgan fingerprint density at radius 3 is 2.64 bits per heavy atom. The molecule has 0 fully saturated rings. The molecule has 0 spiro atoms. The van der Waals surface area contributed by atoms with Crippen LogP contribution in [0.3, 0.4) is 0 Å². The number of hydrogen-bond acceptors (Lipinski definition) is 4. The summed E-state index contributed by atoms with van der Waals surface area (Å²) in [5.74, 6) is -3.33. The summed E-state index contributed by atoms with van der Waals surface area (Å²) in [5.41, 5.74) is -0.192. The van der Waals surface area contributed by atoms with Gasteiger partial charge in [0, 0.05) is 21.5 Å². The molecule has 0 amide bonds. The fourth-order valence-electron chi connectivity index (χ4n) is 2.22. The second kappa shape index (κ2) is 6.93. The van der Waals surface area contributed by atoms with Crippen LogP contribution in [0.5, 0.6) is 0 Å². The Hall–Kier alpha value is -2.25. The Kier molecular flexibility index (Phi) is 4.87. The highest BCUT2D eigenvalue weighted by atomic mass is 79.9. The van der Waals surface area contributed by atoms with E-state index in [2.05, 4.69) is 15.9 Å². The van der Waals surface area contributed by atoms with Crippen LogP contribution in [0.1, 0.15) is 15.9 Å². The van der Waals surface area contributed by atoms with Crippen molar-refractivity contribution in [1.82, 2.24) is 0 Å². The highest BCUT2D eigenvalue weighted by Crippen LogP contribution is 2.24. The zero-order valence-electron chi connectivity index (χ0n) is 12.3. The van der Waals surface area contributed by atoms with Crippen LogP contribution >= 0.6 is 27.5 Å². The lowest BCUT2D eigenvalue weighted by molar-refractivity contribution is 0.0473. The zero-order valence-corrected chi connectivity index (χ0v) is 14.7. The van der Waals surface area contributed by atoms with Crippen molar-refractivity contribution in [3.63, 3.8) is 0 Å². The monoisotopic (exact) mass is 428 g/mol. The molecule has 0 aliphatic heterocycles. The maximum Gasteiger partial charge on any atom is 0.340 e. The highest BCUT2D eigenvalue weighted by molar-refractivity contribution is 9.10. The van der Waals surface area contributed by atoms with Crippen molar-refractivity contribution in [3.05, 3.63) is 79.1 Å². The molecule has 1 heterocycles. The lowest BCUT2D eigenvalue weighted by Gasteiger charge is -2.09. The predicted octanol–water partition coefficient (Wildman–Crippen LogP) is 4.84. The van der Waals surface area contributed by atoms with Crippen LogP contribution in [-0.4, -0.2) is 5.97 Å². The molecular weight excluding hydrogens is 422 g/mol. The smallest absolute Gasteiger partial charge is 0.340 e. The normalized spacial score (nSPS) is 10.9. The summed E-state index contributed by atoms with van der Waals surface area (Å²) in [4.78, 5) is 23.7. The predicted molar refractivity (Wildman–Crippen MR) is 90.7 cm³/mol. The van der Waals surface area contributed by atoms with Crippen molar-refractivity contribution in [2.75, 3.05) is 0 Å². The quantitative estimate of drug-likeness (QED) is 0.339. The minimum atomic E-state index is -1.22. The van der Waals surface area contributed by atoms with E-state index in [-0.39, 0.29) is 17.2 Å². The fourth-order valence-corrected chi connectivity index (χ4v) is 2.79. The van der Waals surface area contributed by atoms with Gasteiger partial charge in [0.05, 0.1) is 10.6 Å². The number of fused-ring (bicyclic) bond motifs is 1. The van der Waals surface area contributed by atoms with E-state index in [9.17, 15) is 18.4 Å². The summed E-state index contributed by atoms with van der Waals surface area (Å²) in [7, 11) is 0. The number of hydrogen-bond donors (Lipinski definition) is 0. The van der Waals surface area contributed by atoms with E-state index < -0.39 is 23.2 Å². The SMILES string of the molecule is O=C(OCc1cc(=O)oc2cc(Br)ccc12)c1cc(F)c(F)cc1Cl. The van der Waals surface area contributed by atoms with Gasteiger partial charge < -0.3 is 9.15 Å². The van der Waals surface area contributed by atoms with Crippen LogP contribution < -0.4 is 5.63 Å². The molecule has 2 aromatic carbocycles. The Morgan fingerprint density at radius 2 is 1.88 bits per heavy atom. The molecule has 0 saturated carbocycles. The number of esters is 1. The Morgan fingerprint density at radius 1 is 1.16 bits per heavy atom. The lowest BCUT2D eigenvalue weighted by atomic mass is 10.1.